The number of aryl methyl sites for hydroxylation is 1. The number of hydrogen-bond acceptors (Lipinski definition) is 2. The van der Waals surface area contributed by atoms with E-state index in [2.05, 4.69) is 43.1 Å². The fourth-order valence-electron chi connectivity index (χ4n) is 3.85. The maximum absolute atomic E-state index is 12.8. The van der Waals surface area contributed by atoms with Gasteiger partial charge in [-0.05, 0) is 44.4 Å². The Morgan fingerprint density at radius 3 is 2.56 bits per heavy atom. The SMILES string of the molecule is CC1(C)C(=O)N(c2cccc3cccnc23)C1CCc1ccccc1. The van der Waals surface area contributed by atoms with E-state index >= 15 is 0 Å². The number of β-lactam (4-membered cyclic amide) rings is 1. The Bertz CT molecular complexity index is 912. The summed E-state index contributed by atoms with van der Waals surface area (Å²) >= 11 is 0. The molecule has 126 valence electrons. The normalized spacial score (nSPS) is 19.0. The van der Waals surface area contributed by atoms with Gasteiger partial charge in [-0.15, -0.1) is 0 Å². The Labute approximate surface area is 148 Å². The molecule has 1 unspecified atom stereocenters. The van der Waals surface area contributed by atoms with Gasteiger partial charge in [0.2, 0.25) is 5.91 Å². The second kappa shape index (κ2) is 5.99. The van der Waals surface area contributed by atoms with Crippen LogP contribution in [0.15, 0.2) is 66.9 Å². The molecule has 0 saturated carbocycles. The smallest absolute Gasteiger partial charge is 0.235 e. The molecule has 0 radical (unpaired) electrons. The number of aromatic nitrogens is 1. The quantitative estimate of drug-likeness (QED) is 0.655. The van der Waals surface area contributed by atoms with Crippen LogP contribution in [0.3, 0.4) is 0 Å². The van der Waals surface area contributed by atoms with Crippen LogP contribution < -0.4 is 4.90 Å². The molecular formula is C22H22N2O. The minimum atomic E-state index is -0.328. The van der Waals surface area contributed by atoms with Gasteiger partial charge in [0.15, 0.2) is 0 Å². The van der Waals surface area contributed by atoms with Gasteiger partial charge in [0.25, 0.3) is 0 Å². The number of fused-ring (bicyclic) bond motifs is 1. The van der Waals surface area contributed by atoms with Crippen LogP contribution in [0.5, 0.6) is 0 Å². The molecule has 3 aromatic rings. The van der Waals surface area contributed by atoms with Crippen LogP contribution in [-0.4, -0.2) is 16.9 Å². The van der Waals surface area contributed by atoms with Crippen LogP contribution in [0.4, 0.5) is 5.69 Å². The van der Waals surface area contributed by atoms with Gasteiger partial charge in [-0.25, -0.2) is 0 Å². The molecule has 0 N–H and O–H groups in total. The first-order chi connectivity index (χ1) is 12.1. The first-order valence-electron chi connectivity index (χ1n) is 8.80. The predicted molar refractivity (Wildman–Crippen MR) is 102 cm³/mol. The average molecular weight is 330 g/mol. The summed E-state index contributed by atoms with van der Waals surface area (Å²) in [5.74, 6) is 0.184. The van der Waals surface area contributed by atoms with Crippen molar-refractivity contribution in [3.8, 4) is 0 Å². The van der Waals surface area contributed by atoms with Gasteiger partial charge in [-0.3, -0.25) is 9.78 Å². The third-order valence-corrected chi connectivity index (χ3v) is 5.33. The molecule has 1 saturated heterocycles. The molecule has 1 aromatic heterocycles. The lowest BCUT2D eigenvalue weighted by Gasteiger charge is -2.53. The van der Waals surface area contributed by atoms with Crippen LogP contribution in [0.1, 0.15) is 25.8 Å². The average Bonchev–Trinajstić information content (AvgIpc) is 2.65. The van der Waals surface area contributed by atoms with Crippen molar-refractivity contribution in [3.63, 3.8) is 0 Å². The lowest BCUT2D eigenvalue weighted by Crippen LogP contribution is -2.67. The number of carbonyl (C=O) groups is 1. The zero-order valence-electron chi connectivity index (χ0n) is 14.6. The lowest BCUT2D eigenvalue weighted by molar-refractivity contribution is -0.137. The van der Waals surface area contributed by atoms with E-state index in [4.69, 9.17) is 0 Å². The highest BCUT2D eigenvalue weighted by Crippen LogP contribution is 2.45. The second-order valence-electron chi connectivity index (χ2n) is 7.29. The van der Waals surface area contributed by atoms with Crippen LogP contribution in [0.2, 0.25) is 0 Å². The zero-order valence-corrected chi connectivity index (χ0v) is 14.6. The molecule has 0 bridgehead atoms. The predicted octanol–water partition coefficient (Wildman–Crippen LogP) is 4.61. The molecule has 1 aliphatic rings. The Kier molecular flexibility index (Phi) is 3.79. The minimum Gasteiger partial charge on any atom is -0.306 e. The molecule has 0 spiro atoms. The summed E-state index contributed by atoms with van der Waals surface area (Å²) in [7, 11) is 0. The van der Waals surface area contributed by atoms with E-state index in [9.17, 15) is 4.79 Å². The summed E-state index contributed by atoms with van der Waals surface area (Å²) in [5.41, 5.74) is 2.82. The molecule has 1 fully saturated rings. The molecule has 1 amide bonds. The van der Waals surface area contributed by atoms with Gasteiger partial charge < -0.3 is 4.90 Å². The number of anilines is 1. The van der Waals surface area contributed by atoms with Crippen molar-refractivity contribution in [2.75, 3.05) is 4.90 Å². The van der Waals surface area contributed by atoms with Gasteiger partial charge in [0.05, 0.1) is 22.7 Å². The van der Waals surface area contributed by atoms with Crippen LogP contribution in [0, 0.1) is 5.41 Å². The molecule has 25 heavy (non-hydrogen) atoms. The Hall–Kier alpha value is -2.68. The maximum atomic E-state index is 12.8. The molecule has 1 atom stereocenters. The summed E-state index contributed by atoms with van der Waals surface area (Å²) in [5, 5.41) is 1.07. The molecule has 4 rings (SSSR count). The van der Waals surface area contributed by atoms with E-state index in [1.165, 1.54) is 5.56 Å². The number of carbonyl (C=O) groups excluding carboxylic acids is 1. The third-order valence-electron chi connectivity index (χ3n) is 5.33. The number of hydrogen-bond donors (Lipinski definition) is 0. The van der Waals surface area contributed by atoms with Gasteiger partial charge >= 0.3 is 0 Å². The summed E-state index contributed by atoms with van der Waals surface area (Å²) in [4.78, 5) is 19.3. The molecule has 2 heterocycles. The standard InChI is InChI=1S/C22H22N2O/c1-22(2)19(14-13-16-8-4-3-5-9-16)24(21(22)25)18-12-6-10-17-11-7-15-23-20(17)18/h3-12,15,19H,13-14H2,1-2H3. The zero-order chi connectivity index (χ0) is 17.4. The maximum Gasteiger partial charge on any atom is 0.235 e. The van der Waals surface area contributed by atoms with Crippen molar-refractivity contribution in [1.29, 1.82) is 0 Å². The van der Waals surface area contributed by atoms with E-state index in [0.717, 1.165) is 29.4 Å². The van der Waals surface area contributed by atoms with Gasteiger partial charge in [-0.2, -0.15) is 0 Å². The fourth-order valence-corrected chi connectivity index (χ4v) is 3.85. The van der Waals surface area contributed by atoms with Crippen molar-refractivity contribution >= 4 is 22.5 Å². The second-order valence-corrected chi connectivity index (χ2v) is 7.29. The molecule has 1 aliphatic heterocycles. The van der Waals surface area contributed by atoms with Crippen LogP contribution in [0.25, 0.3) is 10.9 Å². The van der Waals surface area contributed by atoms with E-state index in [-0.39, 0.29) is 17.4 Å². The van der Waals surface area contributed by atoms with Gasteiger partial charge in [0, 0.05) is 11.6 Å². The topological polar surface area (TPSA) is 33.2 Å². The summed E-state index contributed by atoms with van der Waals surface area (Å²) < 4.78 is 0. The Balaban J connectivity index is 1.66. The lowest BCUT2D eigenvalue weighted by atomic mass is 9.71. The van der Waals surface area contributed by atoms with E-state index in [1.54, 1.807) is 6.20 Å². The number of nitrogens with zero attached hydrogens (tertiary/aromatic N) is 2. The summed E-state index contributed by atoms with van der Waals surface area (Å²) in [6.07, 6.45) is 3.71. The monoisotopic (exact) mass is 330 g/mol. The van der Waals surface area contributed by atoms with Crippen LogP contribution >= 0.6 is 0 Å². The molecular weight excluding hydrogens is 308 g/mol. The highest BCUT2D eigenvalue weighted by Gasteiger charge is 2.54. The molecule has 0 aliphatic carbocycles. The largest absolute Gasteiger partial charge is 0.306 e. The van der Waals surface area contributed by atoms with Crippen molar-refractivity contribution in [1.82, 2.24) is 4.98 Å². The highest BCUT2D eigenvalue weighted by molar-refractivity contribution is 6.10. The van der Waals surface area contributed by atoms with Crippen molar-refractivity contribution < 1.29 is 4.79 Å². The fraction of sp³-hybridized carbons (Fsp3) is 0.273. The van der Waals surface area contributed by atoms with E-state index in [1.807, 2.05) is 41.3 Å². The molecule has 3 nitrogen and oxygen atoms in total. The first kappa shape index (κ1) is 15.8. The number of amides is 1. The van der Waals surface area contributed by atoms with Crippen LogP contribution in [-0.2, 0) is 11.2 Å². The van der Waals surface area contributed by atoms with E-state index < -0.39 is 0 Å². The first-order valence-corrected chi connectivity index (χ1v) is 8.80. The number of benzene rings is 2. The Morgan fingerprint density at radius 1 is 1.00 bits per heavy atom. The van der Waals surface area contributed by atoms with Crippen molar-refractivity contribution in [2.45, 2.75) is 32.7 Å². The number of para-hydroxylation sites is 1. The van der Waals surface area contributed by atoms with E-state index in [0.29, 0.717) is 0 Å². The van der Waals surface area contributed by atoms with Gasteiger partial charge in [0.1, 0.15) is 0 Å². The molecule has 3 heteroatoms. The number of pyridine rings is 1. The summed E-state index contributed by atoms with van der Waals surface area (Å²) in [6.45, 7) is 4.11. The highest BCUT2D eigenvalue weighted by atomic mass is 16.2. The van der Waals surface area contributed by atoms with Crippen molar-refractivity contribution in [3.05, 3.63) is 72.4 Å². The van der Waals surface area contributed by atoms with Crippen molar-refractivity contribution in [2.24, 2.45) is 5.41 Å². The molecule has 2 aromatic carbocycles. The van der Waals surface area contributed by atoms with Gasteiger partial charge in [-0.1, -0.05) is 48.5 Å². The third kappa shape index (κ3) is 2.60. The summed E-state index contributed by atoms with van der Waals surface area (Å²) in [6, 6.07) is 20.7. The number of rotatable bonds is 4. The Morgan fingerprint density at radius 2 is 1.76 bits per heavy atom. The minimum absolute atomic E-state index is 0.184.